The lowest BCUT2D eigenvalue weighted by atomic mass is 9.53. The smallest absolute Gasteiger partial charge is 0.272 e. The molecule has 1 amide bonds. The summed E-state index contributed by atoms with van der Waals surface area (Å²) in [6, 6.07) is 7.77. The maximum atomic E-state index is 13.5. The van der Waals surface area contributed by atoms with Crippen LogP contribution in [0.15, 0.2) is 24.3 Å². The number of halogens is 1. The Kier molecular flexibility index (Phi) is 4.09. The van der Waals surface area contributed by atoms with E-state index in [-0.39, 0.29) is 11.4 Å². The molecule has 7 rings (SSSR count). The molecule has 1 N–H and O–H groups in total. The first-order valence-electron chi connectivity index (χ1n) is 11.3. The number of benzene rings is 1. The number of aromatic nitrogens is 2. The number of amides is 1. The summed E-state index contributed by atoms with van der Waals surface area (Å²) in [4.78, 5) is 13.5. The zero-order chi connectivity index (χ0) is 19.6. The minimum atomic E-state index is 0.0252. The van der Waals surface area contributed by atoms with Crippen LogP contribution in [0.2, 0.25) is 5.02 Å². The third kappa shape index (κ3) is 3.02. The largest absolute Gasteiger partial charge is 0.345 e. The van der Waals surface area contributed by atoms with Crippen LogP contribution < -0.4 is 5.32 Å². The average Bonchev–Trinajstić information content (AvgIpc) is 3.07. The molecule has 2 aromatic rings. The van der Waals surface area contributed by atoms with Gasteiger partial charge in [-0.3, -0.25) is 4.79 Å². The SMILES string of the molecule is O=C(NC12CC3CC(CC(C3)C1)C2)c1nn(-c2ccc(Cl)cc2)c2c1CCCC2. The van der Waals surface area contributed by atoms with Crippen molar-refractivity contribution < 1.29 is 4.79 Å². The molecule has 1 aromatic carbocycles. The molecule has 4 saturated carbocycles. The monoisotopic (exact) mass is 409 g/mol. The highest BCUT2D eigenvalue weighted by Crippen LogP contribution is 2.55. The summed E-state index contributed by atoms with van der Waals surface area (Å²) in [5, 5.41) is 9.10. The fraction of sp³-hybridized carbons (Fsp3) is 0.583. The molecule has 0 radical (unpaired) electrons. The van der Waals surface area contributed by atoms with Gasteiger partial charge in [0.2, 0.25) is 0 Å². The lowest BCUT2D eigenvalue weighted by Gasteiger charge is -2.56. The van der Waals surface area contributed by atoms with Crippen molar-refractivity contribution in [3.05, 3.63) is 46.2 Å². The van der Waals surface area contributed by atoms with E-state index in [2.05, 4.69) is 5.32 Å². The maximum absolute atomic E-state index is 13.5. The van der Waals surface area contributed by atoms with Crippen molar-refractivity contribution in [1.82, 2.24) is 15.1 Å². The van der Waals surface area contributed by atoms with Gasteiger partial charge < -0.3 is 5.32 Å². The van der Waals surface area contributed by atoms with E-state index in [1.165, 1.54) is 44.2 Å². The summed E-state index contributed by atoms with van der Waals surface area (Å²) in [6.45, 7) is 0. The third-order valence-corrected chi connectivity index (χ3v) is 8.14. The molecule has 0 spiro atoms. The molecule has 5 aliphatic rings. The Morgan fingerprint density at radius 1 is 1.00 bits per heavy atom. The van der Waals surface area contributed by atoms with E-state index >= 15 is 0 Å². The van der Waals surface area contributed by atoms with Gasteiger partial charge in [-0.1, -0.05) is 11.6 Å². The van der Waals surface area contributed by atoms with Crippen LogP contribution in [-0.2, 0) is 12.8 Å². The van der Waals surface area contributed by atoms with E-state index in [0.717, 1.165) is 59.7 Å². The minimum Gasteiger partial charge on any atom is -0.345 e. The molecule has 0 unspecified atom stereocenters. The lowest BCUT2D eigenvalue weighted by molar-refractivity contribution is -0.0168. The van der Waals surface area contributed by atoms with Crippen molar-refractivity contribution in [2.24, 2.45) is 17.8 Å². The van der Waals surface area contributed by atoms with Gasteiger partial charge in [-0.05, 0) is 106 Å². The molecular formula is C24H28ClN3O. The molecule has 1 heterocycles. The number of hydrogen-bond donors (Lipinski definition) is 1. The molecule has 5 heteroatoms. The average molecular weight is 410 g/mol. The molecule has 5 aliphatic carbocycles. The van der Waals surface area contributed by atoms with Crippen LogP contribution in [0.5, 0.6) is 0 Å². The number of hydrogen-bond acceptors (Lipinski definition) is 2. The van der Waals surface area contributed by atoms with E-state index in [1.807, 2.05) is 28.9 Å². The highest BCUT2D eigenvalue weighted by molar-refractivity contribution is 6.30. The minimum absolute atomic E-state index is 0.0252. The van der Waals surface area contributed by atoms with Crippen molar-refractivity contribution in [2.45, 2.75) is 69.7 Å². The summed E-state index contributed by atoms with van der Waals surface area (Å²) in [5.41, 5.74) is 4.03. The quantitative estimate of drug-likeness (QED) is 0.766. The second-order valence-corrected chi connectivity index (χ2v) is 10.5. The van der Waals surface area contributed by atoms with Crippen LogP contribution in [0.1, 0.15) is 73.1 Å². The molecule has 0 atom stereocenters. The van der Waals surface area contributed by atoms with E-state index in [0.29, 0.717) is 5.69 Å². The Bertz CT molecular complexity index is 926. The predicted octanol–water partition coefficient (Wildman–Crippen LogP) is 5.10. The summed E-state index contributed by atoms with van der Waals surface area (Å²) < 4.78 is 1.99. The van der Waals surface area contributed by atoms with Gasteiger partial charge in [0.15, 0.2) is 5.69 Å². The molecule has 4 nitrogen and oxygen atoms in total. The van der Waals surface area contributed by atoms with Gasteiger partial charge in [0.05, 0.1) is 5.69 Å². The van der Waals surface area contributed by atoms with Gasteiger partial charge in [-0.15, -0.1) is 0 Å². The second-order valence-electron chi connectivity index (χ2n) is 10.0. The van der Waals surface area contributed by atoms with Gasteiger partial charge in [0.25, 0.3) is 5.91 Å². The molecular weight excluding hydrogens is 382 g/mol. The standard InChI is InChI=1S/C24H28ClN3O/c25-18-5-7-19(8-6-18)28-21-4-2-1-3-20(21)22(27-28)23(29)26-24-12-15-9-16(13-24)11-17(10-15)14-24/h5-8,15-17H,1-4,9-14H2,(H,26,29). The normalized spacial score (nSPS) is 32.2. The zero-order valence-electron chi connectivity index (χ0n) is 16.8. The first kappa shape index (κ1) is 18.0. The Balaban J connectivity index is 1.34. The highest BCUT2D eigenvalue weighted by atomic mass is 35.5. The lowest BCUT2D eigenvalue weighted by Crippen LogP contribution is -2.60. The van der Waals surface area contributed by atoms with Crippen LogP contribution in [0.3, 0.4) is 0 Å². The van der Waals surface area contributed by atoms with Crippen molar-refractivity contribution >= 4 is 17.5 Å². The Morgan fingerprint density at radius 2 is 1.62 bits per heavy atom. The number of rotatable bonds is 3. The Hall–Kier alpha value is -1.81. The number of carbonyl (C=O) groups is 1. The molecule has 0 aliphatic heterocycles. The van der Waals surface area contributed by atoms with Crippen LogP contribution in [0.25, 0.3) is 5.69 Å². The number of nitrogens with one attached hydrogen (secondary N) is 1. The van der Waals surface area contributed by atoms with Crippen molar-refractivity contribution in [1.29, 1.82) is 0 Å². The summed E-state index contributed by atoms with van der Waals surface area (Å²) in [5.74, 6) is 2.52. The number of carbonyl (C=O) groups excluding carboxylic acids is 1. The van der Waals surface area contributed by atoms with Gasteiger partial charge in [-0.25, -0.2) is 4.68 Å². The van der Waals surface area contributed by atoms with Crippen LogP contribution in [-0.4, -0.2) is 21.2 Å². The van der Waals surface area contributed by atoms with Gasteiger partial charge in [0.1, 0.15) is 0 Å². The van der Waals surface area contributed by atoms with E-state index < -0.39 is 0 Å². The van der Waals surface area contributed by atoms with Gasteiger partial charge in [0, 0.05) is 21.8 Å². The third-order valence-electron chi connectivity index (χ3n) is 7.88. The van der Waals surface area contributed by atoms with Gasteiger partial charge >= 0.3 is 0 Å². The number of nitrogens with zero attached hydrogens (tertiary/aromatic N) is 2. The Morgan fingerprint density at radius 3 is 2.28 bits per heavy atom. The fourth-order valence-electron chi connectivity index (χ4n) is 7.14. The number of fused-ring (bicyclic) bond motifs is 1. The van der Waals surface area contributed by atoms with Crippen LogP contribution in [0, 0.1) is 17.8 Å². The first-order chi connectivity index (χ1) is 14.1. The maximum Gasteiger partial charge on any atom is 0.272 e. The second kappa shape index (κ2) is 6.60. The van der Waals surface area contributed by atoms with Gasteiger partial charge in [-0.2, -0.15) is 5.10 Å². The molecule has 0 saturated heterocycles. The first-order valence-corrected chi connectivity index (χ1v) is 11.7. The van der Waals surface area contributed by atoms with Crippen LogP contribution >= 0.6 is 11.6 Å². The van der Waals surface area contributed by atoms with E-state index in [4.69, 9.17) is 16.7 Å². The molecule has 4 bridgehead atoms. The highest BCUT2D eigenvalue weighted by Gasteiger charge is 2.51. The summed E-state index contributed by atoms with van der Waals surface area (Å²) in [7, 11) is 0. The molecule has 29 heavy (non-hydrogen) atoms. The Labute approximate surface area is 177 Å². The van der Waals surface area contributed by atoms with Crippen molar-refractivity contribution in [3.63, 3.8) is 0 Å². The van der Waals surface area contributed by atoms with Crippen LogP contribution in [0.4, 0.5) is 0 Å². The van der Waals surface area contributed by atoms with E-state index in [9.17, 15) is 4.79 Å². The summed E-state index contributed by atoms with van der Waals surface area (Å²) >= 11 is 6.08. The zero-order valence-corrected chi connectivity index (χ0v) is 17.5. The predicted molar refractivity (Wildman–Crippen MR) is 114 cm³/mol. The fourth-order valence-corrected chi connectivity index (χ4v) is 7.27. The van der Waals surface area contributed by atoms with Crippen molar-refractivity contribution in [3.8, 4) is 5.69 Å². The van der Waals surface area contributed by atoms with Crippen molar-refractivity contribution in [2.75, 3.05) is 0 Å². The van der Waals surface area contributed by atoms with E-state index in [1.54, 1.807) is 0 Å². The molecule has 152 valence electrons. The molecule has 4 fully saturated rings. The topological polar surface area (TPSA) is 46.9 Å². The molecule has 1 aromatic heterocycles. The summed E-state index contributed by atoms with van der Waals surface area (Å²) in [6.07, 6.45) is 11.9.